The van der Waals surface area contributed by atoms with E-state index >= 15 is 0 Å². The monoisotopic (exact) mass is 562 g/mol. The lowest BCUT2D eigenvalue weighted by Gasteiger charge is -2.20. The SMILES string of the molecule is CN(c1ccc(Cl)cc1)S(=O)(=O)c1cccc(C(=O)Nc2ccc(Br)cc2-c2noc(=O)[nH]2)c1. The van der Waals surface area contributed by atoms with Gasteiger partial charge in [-0.1, -0.05) is 38.8 Å². The lowest BCUT2D eigenvalue weighted by Crippen LogP contribution is -2.26. The number of carbonyl (C=O) groups excluding carboxylic acids is 1. The van der Waals surface area contributed by atoms with Crippen molar-refractivity contribution in [1.29, 1.82) is 0 Å². The molecule has 0 aliphatic carbocycles. The topological polar surface area (TPSA) is 125 Å². The van der Waals surface area contributed by atoms with Crippen molar-refractivity contribution in [3.05, 3.63) is 92.3 Å². The van der Waals surface area contributed by atoms with E-state index in [1.807, 2.05) is 0 Å². The van der Waals surface area contributed by atoms with Crippen molar-refractivity contribution >= 4 is 54.8 Å². The summed E-state index contributed by atoms with van der Waals surface area (Å²) in [5.41, 5.74) is 1.28. The molecule has 0 radical (unpaired) electrons. The van der Waals surface area contributed by atoms with Crippen molar-refractivity contribution in [3.63, 3.8) is 0 Å². The fourth-order valence-corrected chi connectivity index (χ4v) is 4.84. The summed E-state index contributed by atoms with van der Waals surface area (Å²) in [5.74, 6) is -1.17. The third kappa shape index (κ3) is 4.91. The lowest BCUT2D eigenvalue weighted by molar-refractivity contribution is 0.102. The van der Waals surface area contributed by atoms with E-state index in [9.17, 15) is 18.0 Å². The molecule has 0 unspecified atom stereocenters. The van der Waals surface area contributed by atoms with Gasteiger partial charge in [-0.2, -0.15) is 0 Å². The molecule has 12 heteroatoms. The van der Waals surface area contributed by atoms with E-state index < -0.39 is 21.7 Å². The minimum Gasteiger partial charge on any atom is -0.321 e. The highest BCUT2D eigenvalue weighted by atomic mass is 79.9. The zero-order valence-electron chi connectivity index (χ0n) is 17.5. The van der Waals surface area contributed by atoms with Crippen molar-refractivity contribution in [2.24, 2.45) is 0 Å². The van der Waals surface area contributed by atoms with Crippen LogP contribution in [0.5, 0.6) is 0 Å². The molecule has 3 aromatic carbocycles. The molecular formula is C22H16BrClN4O5S. The normalized spacial score (nSPS) is 11.3. The Labute approximate surface area is 207 Å². The Balaban J connectivity index is 1.63. The van der Waals surface area contributed by atoms with Gasteiger partial charge in [-0.05, 0) is 60.7 Å². The van der Waals surface area contributed by atoms with Crippen molar-refractivity contribution in [1.82, 2.24) is 10.1 Å². The van der Waals surface area contributed by atoms with Crippen LogP contribution in [0.1, 0.15) is 10.4 Å². The zero-order chi connectivity index (χ0) is 24.5. The van der Waals surface area contributed by atoms with Gasteiger partial charge in [0.15, 0.2) is 5.82 Å². The molecule has 34 heavy (non-hydrogen) atoms. The van der Waals surface area contributed by atoms with Gasteiger partial charge in [0.1, 0.15) is 0 Å². The average molecular weight is 564 g/mol. The van der Waals surface area contributed by atoms with Gasteiger partial charge >= 0.3 is 5.76 Å². The summed E-state index contributed by atoms with van der Waals surface area (Å²) in [4.78, 5) is 26.7. The van der Waals surface area contributed by atoms with Gasteiger partial charge in [-0.3, -0.25) is 18.6 Å². The summed E-state index contributed by atoms with van der Waals surface area (Å²) < 4.78 is 32.6. The maximum absolute atomic E-state index is 13.1. The Morgan fingerprint density at radius 3 is 2.53 bits per heavy atom. The first-order valence-corrected chi connectivity index (χ1v) is 12.3. The Kier molecular flexibility index (Phi) is 6.60. The van der Waals surface area contributed by atoms with Crippen LogP contribution in [0.4, 0.5) is 11.4 Å². The summed E-state index contributed by atoms with van der Waals surface area (Å²) in [6.07, 6.45) is 0. The number of amides is 1. The summed E-state index contributed by atoms with van der Waals surface area (Å²) >= 11 is 9.23. The number of carbonyl (C=O) groups is 1. The van der Waals surface area contributed by atoms with Crippen molar-refractivity contribution < 1.29 is 17.7 Å². The van der Waals surface area contributed by atoms with Crippen LogP contribution in [0.25, 0.3) is 11.4 Å². The highest BCUT2D eigenvalue weighted by molar-refractivity contribution is 9.10. The first-order chi connectivity index (χ1) is 16.1. The number of rotatable bonds is 6. The maximum Gasteiger partial charge on any atom is 0.439 e. The second-order valence-corrected chi connectivity index (χ2v) is 10.4. The largest absolute Gasteiger partial charge is 0.439 e. The highest BCUT2D eigenvalue weighted by Crippen LogP contribution is 2.29. The quantitative estimate of drug-likeness (QED) is 0.355. The Morgan fingerprint density at radius 1 is 1.12 bits per heavy atom. The molecule has 0 atom stereocenters. The maximum atomic E-state index is 13.1. The number of hydrogen-bond donors (Lipinski definition) is 2. The van der Waals surface area contributed by atoms with Gasteiger partial charge in [0, 0.05) is 27.7 Å². The standard InChI is InChI=1S/C22H16BrClN4O5S/c1-28(16-8-6-15(24)7-9-16)34(31,32)17-4-2-3-13(11-17)21(29)25-19-10-5-14(23)12-18(19)20-26-22(30)33-27-20/h2-12H,1H3,(H,25,29)(H,26,27,30). The van der Waals surface area contributed by atoms with Crippen LogP contribution in [0.3, 0.4) is 0 Å². The van der Waals surface area contributed by atoms with Gasteiger partial charge in [-0.15, -0.1) is 0 Å². The van der Waals surface area contributed by atoms with Crippen molar-refractivity contribution in [2.75, 3.05) is 16.7 Å². The average Bonchev–Trinajstić information content (AvgIpc) is 3.26. The van der Waals surface area contributed by atoms with Gasteiger partial charge in [-0.25, -0.2) is 13.2 Å². The fraction of sp³-hybridized carbons (Fsp3) is 0.0455. The predicted octanol–water partition coefficient (Wildman–Crippen LogP) is 4.52. The molecule has 0 bridgehead atoms. The van der Waals surface area contributed by atoms with E-state index in [0.717, 1.165) is 4.31 Å². The van der Waals surface area contributed by atoms with Gasteiger partial charge in [0.25, 0.3) is 15.9 Å². The van der Waals surface area contributed by atoms with Crippen LogP contribution in [0.2, 0.25) is 5.02 Å². The molecule has 1 amide bonds. The summed E-state index contributed by atoms with van der Waals surface area (Å²) in [6.45, 7) is 0. The number of H-pyrrole nitrogens is 1. The smallest absolute Gasteiger partial charge is 0.321 e. The summed E-state index contributed by atoms with van der Waals surface area (Å²) in [5, 5.41) is 6.86. The van der Waals surface area contributed by atoms with Gasteiger partial charge in [0.05, 0.1) is 16.3 Å². The highest BCUT2D eigenvalue weighted by Gasteiger charge is 2.23. The first-order valence-electron chi connectivity index (χ1n) is 9.67. The molecule has 1 aromatic heterocycles. The molecule has 4 rings (SSSR count). The fourth-order valence-electron chi connectivity index (χ4n) is 3.11. The minimum absolute atomic E-state index is 0.0607. The number of anilines is 2. The van der Waals surface area contributed by atoms with E-state index in [-0.39, 0.29) is 16.3 Å². The van der Waals surface area contributed by atoms with E-state index in [0.29, 0.717) is 26.4 Å². The first kappa shape index (κ1) is 23.7. The number of nitrogens with one attached hydrogen (secondary N) is 2. The Bertz CT molecular complexity index is 1530. The van der Waals surface area contributed by atoms with Crippen LogP contribution in [0.15, 0.2) is 85.4 Å². The number of aromatic amines is 1. The van der Waals surface area contributed by atoms with Crippen LogP contribution in [0, 0.1) is 0 Å². The van der Waals surface area contributed by atoms with Gasteiger partial charge < -0.3 is 5.32 Å². The van der Waals surface area contributed by atoms with Crippen LogP contribution >= 0.6 is 27.5 Å². The second kappa shape index (κ2) is 9.45. The molecule has 0 saturated heterocycles. The van der Waals surface area contributed by atoms with E-state index in [4.69, 9.17) is 11.6 Å². The molecule has 4 aromatic rings. The van der Waals surface area contributed by atoms with Gasteiger partial charge in [0.2, 0.25) is 0 Å². The Hall–Kier alpha value is -3.41. The van der Waals surface area contributed by atoms with Crippen LogP contribution in [-0.4, -0.2) is 31.5 Å². The van der Waals surface area contributed by atoms with E-state index in [1.54, 1.807) is 42.5 Å². The third-order valence-electron chi connectivity index (χ3n) is 4.87. The number of aromatic nitrogens is 2. The number of benzene rings is 3. The van der Waals surface area contributed by atoms with E-state index in [2.05, 4.69) is 35.9 Å². The van der Waals surface area contributed by atoms with Crippen LogP contribution < -0.4 is 15.4 Å². The van der Waals surface area contributed by atoms with Crippen molar-refractivity contribution in [2.45, 2.75) is 4.90 Å². The molecule has 174 valence electrons. The molecule has 1 heterocycles. The predicted molar refractivity (Wildman–Crippen MR) is 132 cm³/mol. The number of sulfonamides is 1. The molecular weight excluding hydrogens is 548 g/mol. The third-order valence-corrected chi connectivity index (χ3v) is 7.40. The Morgan fingerprint density at radius 2 is 1.85 bits per heavy atom. The van der Waals surface area contributed by atoms with Crippen LogP contribution in [-0.2, 0) is 10.0 Å². The summed E-state index contributed by atoms with van der Waals surface area (Å²) in [6, 6.07) is 17.0. The number of halogens is 2. The molecule has 0 fully saturated rings. The molecule has 0 spiro atoms. The van der Waals surface area contributed by atoms with Crippen molar-refractivity contribution in [3.8, 4) is 11.4 Å². The molecule has 2 N–H and O–H groups in total. The molecule has 9 nitrogen and oxygen atoms in total. The molecule has 0 aliphatic rings. The zero-order valence-corrected chi connectivity index (χ0v) is 20.6. The molecule has 0 aliphatic heterocycles. The van der Waals surface area contributed by atoms with E-state index in [1.165, 1.54) is 31.3 Å². The minimum atomic E-state index is -3.95. The second-order valence-electron chi connectivity index (χ2n) is 7.06. The number of nitrogens with zero attached hydrogens (tertiary/aromatic N) is 2. The lowest BCUT2D eigenvalue weighted by atomic mass is 10.1. The molecule has 0 saturated carbocycles. The number of hydrogen-bond acceptors (Lipinski definition) is 6. The summed E-state index contributed by atoms with van der Waals surface area (Å²) in [7, 11) is -2.53.